The average Bonchev–Trinajstić information content (AvgIpc) is 3.92. The highest BCUT2D eigenvalue weighted by Crippen LogP contribution is 2.53. The van der Waals surface area contributed by atoms with Crippen LogP contribution in [-0.4, -0.2) is 80.6 Å². The van der Waals surface area contributed by atoms with Gasteiger partial charge in [0.1, 0.15) is 27.2 Å². The number of halogens is 1. The van der Waals surface area contributed by atoms with Crippen molar-refractivity contribution in [3.05, 3.63) is 35.5 Å². The fourth-order valence-corrected chi connectivity index (χ4v) is 9.07. The van der Waals surface area contributed by atoms with Crippen molar-refractivity contribution in [1.29, 1.82) is 0 Å². The predicted molar refractivity (Wildman–Crippen MR) is 200 cm³/mol. The molecule has 0 unspecified atom stereocenters. The molecule has 4 amide bonds. The molecule has 13 nitrogen and oxygen atoms in total. The van der Waals surface area contributed by atoms with Crippen LogP contribution in [-0.2, 0) is 42.0 Å². The molecule has 5 rings (SSSR count). The summed E-state index contributed by atoms with van der Waals surface area (Å²) in [7, 11) is -3.67. The first-order valence-corrected chi connectivity index (χ1v) is 20.6. The summed E-state index contributed by atoms with van der Waals surface area (Å²) < 4.78 is 37.4. The van der Waals surface area contributed by atoms with Crippen LogP contribution in [0.25, 0.3) is 0 Å². The van der Waals surface area contributed by atoms with Crippen LogP contribution in [0.2, 0.25) is 0 Å². The molecule has 0 spiro atoms. The Hall–Kier alpha value is -2.95. The van der Waals surface area contributed by atoms with E-state index in [1.54, 1.807) is 33.9 Å². The van der Waals surface area contributed by atoms with E-state index in [9.17, 15) is 27.6 Å². The molecule has 2 heterocycles. The van der Waals surface area contributed by atoms with Gasteiger partial charge in [0, 0.05) is 24.1 Å². The number of fused-ring (bicyclic) bond motifs is 1. The van der Waals surface area contributed by atoms with Crippen molar-refractivity contribution in [3.8, 4) is 5.88 Å². The first-order valence-electron chi connectivity index (χ1n) is 18.1. The van der Waals surface area contributed by atoms with Gasteiger partial charge in [-0.25, -0.2) is 18.2 Å². The van der Waals surface area contributed by atoms with E-state index in [-0.39, 0.29) is 18.9 Å². The molecule has 0 radical (unpaired) electrons. The number of allylic oxidation sites excluding steroid dienone is 2. The number of nitrogens with zero attached hydrogens (tertiary/aromatic N) is 2. The maximum Gasteiger partial charge on any atom is 0.408 e. The van der Waals surface area contributed by atoms with Gasteiger partial charge in [-0.1, -0.05) is 47.6 Å². The Kier molecular flexibility index (Phi) is 12.0. The average molecular weight is 842 g/mol. The van der Waals surface area contributed by atoms with E-state index in [4.69, 9.17) is 15.2 Å². The zero-order valence-electron chi connectivity index (χ0n) is 30.0. The van der Waals surface area contributed by atoms with E-state index >= 15 is 0 Å². The van der Waals surface area contributed by atoms with Gasteiger partial charge >= 0.3 is 6.09 Å². The molecule has 1 aliphatic heterocycles. The van der Waals surface area contributed by atoms with Crippen molar-refractivity contribution >= 4 is 56.4 Å². The lowest BCUT2D eigenvalue weighted by Gasteiger charge is -2.28. The molecule has 15 heteroatoms. The minimum absolute atomic E-state index is 0.0325. The zero-order chi connectivity index (χ0) is 37.2. The third kappa shape index (κ3) is 9.73. The predicted octanol–water partition coefficient (Wildman–Crippen LogP) is 4.39. The Labute approximate surface area is 314 Å². The Bertz CT molecular complexity index is 1640. The lowest BCUT2D eigenvalue weighted by atomic mass is 9.93. The first-order chi connectivity index (χ1) is 23.9. The molecule has 3 aliphatic carbocycles. The van der Waals surface area contributed by atoms with Crippen LogP contribution in [0.4, 0.5) is 4.79 Å². The summed E-state index contributed by atoms with van der Waals surface area (Å²) in [5, 5.41) is 2.74. The largest absolute Gasteiger partial charge is 0.472 e. The fraction of sp³-hybridized carbons (Fsp3) is 0.694. The summed E-state index contributed by atoms with van der Waals surface area (Å²) in [4.78, 5) is 58.0. The molecule has 0 aromatic carbocycles. The topological polar surface area (TPSA) is 187 Å². The van der Waals surface area contributed by atoms with Crippen LogP contribution in [0.15, 0.2) is 24.4 Å². The summed E-state index contributed by atoms with van der Waals surface area (Å²) in [6, 6.07) is 0.191. The molecule has 5 atom stereocenters. The minimum atomic E-state index is -3.67. The number of aryl methyl sites for hydroxylation is 1. The quantitative estimate of drug-likeness (QED) is 0.0997. The summed E-state index contributed by atoms with van der Waals surface area (Å²) in [6.45, 7) is 7.02. The van der Waals surface area contributed by atoms with Crippen LogP contribution in [0.3, 0.4) is 0 Å². The number of sulfonamides is 1. The Balaban J connectivity index is 1.14. The van der Waals surface area contributed by atoms with Crippen LogP contribution in [0.1, 0.15) is 109 Å². The smallest absolute Gasteiger partial charge is 0.408 e. The minimum Gasteiger partial charge on any atom is -0.472 e. The second kappa shape index (κ2) is 15.6. The number of alkyl halides is 1. The van der Waals surface area contributed by atoms with Gasteiger partial charge in [-0.2, -0.15) is 0 Å². The number of rotatable bonds is 15. The van der Waals surface area contributed by atoms with Crippen LogP contribution < -0.4 is 20.5 Å². The maximum absolute atomic E-state index is 14.0. The van der Waals surface area contributed by atoms with Gasteiger partial charge in [0.15, 0.2) is 0 Å². The first kappa shape index (κ1) is 39.3. The number of unbranched alkanes of at least 4 members (excludes halogenated alkanes) is 3. The number of pyridine rings is 1. The van der Waals surface area contributed by atoms with Gasteiger partial charge in [0.2, 0.25) is 33.6 Å². The molecule has 2 saturated carbocycles. The Morgan fingerprint density at radius 3 is 2.57 bits per heavy atom. The van der Waals surface area contributed by atoms with Crippen molar-refractivity contribution < 1.29 is 37.1 Å². The number of carbonyl (C=O) groups is 4. The third-order valence-corrected chi connectivity index (χ3v) is 14.2. The molecule has 1 aromatic rings. The molecule has 3 fully saturated rings. The summed E-state index contributed by atoms with van der Waals surface area (Å²) >= 11 is 2.06. The van der Waals surface area contributed by atoms with Gasteiger partial charge < -0.3 is 25.4 Å². The van der Waals surface area contributed by atoms with Crippen molar-refractivity contribution in [3.63, 3.8) is 0 Å². The lowest BCUT2D eigenvalue weighted by Crippen LogP contribution is -2.53. The highest BCUT2D eigenvalue weighted by Gasteiger charge is 2.59. The summed E-state index contributed by atoms with van der Waals surface area (Å²) in [5.41, 5.74) is 7.30. The van der Waals surface area contributed by atoms with Crippen molar-refractivity contribution in [2.75, 3.05) is 6.54 Å². The third-order valence-electron chi connectivity index (χ3n) is 10.3. The van der Waals surface area contributed by atoms with E-state index in [1.165, 1.54) is 10.5 Å². The molecular weight excluding hydrogens is 789 g/mol. The number of amides is 4. The number of carbonyl (C=O) groups excluding carboxylic acids is 4. The number of aromatic nitrogens is 1. The molecular formula is C36H52IN5O8S. The molecule has 0 bridgehead atoms. The number of primary amides is 1. The molecule has 282 valence electrons. The zero-order valence-corrected chi connectivity index (χ0v) is 33.0. The van der Waals surface area contributed by atoms with E-state index in [1.807, 2.05) is 18.2 Å². The molecule has 51 heavy (non-hydrogen) atoms. The number of alkyl carbamates (subject to hydrolysis) is 1. The summed E-state index contributed by atoms with van der Waals surface area (Å²) in [6.07, 6.45) is 13.7. The van der Waals surface area contributed by atoms with Gasteiger partial charge in [-0.15, -0.1) is 0 Å². The number of ether oxygens (including phenoxy) is 2. The molecule has 4 aliphatic rings. The highest BCUT2D eigenvalue weighted by molar-refractivity contribution is 14.1. The van der Waals surface area contributed by atoms with E-state index < -0.39 is 65.8 Å². The van der Waals surface area contributed by atoms with Crippen LogP contribution >= 0.6 is 22.6 Å². The van der Waals surface area contributed by atoms with E-state index in [2.05, 4.69) is 37.6 Å². The summed E-state index contributed by atoms with van der Waals surface area (Å²) in [5.74, 6) is -0.999. The molecule has 1 saturated heterocycles. The second-order valence-corrected chi connectivity index (χ2v) is 19.8. The van der Waals surface area contributed by atoms with Gasteiger partial charge in [0.25, 0.3) is 0 Å². The van der Waals surface area contributed by atoms with E-state index in [0.29, 0.717) is 38.0 Å². The van der Waals surface area contributed by atoms with Crippen molar-refractivity contribution in [1.82, 2.24) is 19.9 Å². The number of nitrogens with one attached hydrogen (secondary N) is 2. The molecule has 4 N–H and O–H groups in total. The van der Waals surface area contributed by atoms with Gasteiger partial charge in [-0.05, 0) is 104 Å². The second-order valence-electron chi connectivity index (χ2n) is 15.7. The number of hydrogen-bond acceptors (Lipinski definition) is 9. The lowest BCUT2D eigenvalue weighted by molar-refractivity contribution is -0.139. The SMILES string of the molecule is CC(C)(C)OC(=O)N[C@@H](CCCCC/C=C\[C@@H]1C[C@]1(I)C(=O)NS(=O)(=O)C1(C)CC1)C(=O)N1C[C@H](Oc2nccc3c2CCCC3)C[C@H]1C(N)=O. The number of nitrogens with two attached hydrogens (primary N) is 1. The highest BCUT2D eigenvalue weighted by atomic mass is 127. The number of hydrogen-bond donors (Lipinski definition) is 3. The van der Waals surface area contributed by atoms with Gasteiger partial charge in [0.05, 0.1) is 11.3 Å². The van der Waals surface area contributed by atoms with Crippen LogP contribution in [0, 0.1) is 5.92 Å². The normalized spacial score (nSPS) is 25.8. The van der Waals surface area contributed by atoms with E-state index in [0.717, 1.165) is 50.5 Å². The Morgan fingerprint density at radius 1 is 1.16 bits per heavy atom. The standard InChI is InChI=1S/C36H52IN5O8S/c1-34(2,3)50-33(46)40-27(15-9-7-5-6-8-13-24-21-36(24,37)32(45)41-51(47,48)35(4)17-18-35)31(44)42-22-25(20-28(42)29(38)43)49-30-26-14-11-10-12-23(26)16-19-39-30/h8,13,16,19,24-25,27-28H,5-7,9-12,14-15,17-18,20-22H2,1-4H3,(H2,38,43)(H,40,46)(H,41,45)/b13-8-/t24-,25-,27+,28+,36-/m1/s1. The maximum atomic E-state index is 14.0. The molecule has 1 aromatic heterocycles. The van der Waals surface area contributed by atoms with Crippen LogP contribution in [0.5, 0.6) is 5.88 Å². The monoisotopic (exact) mass is 841 g/mol. The number of likely N-dealkylation sites (tertiary alicyclic amines) is 1. The van der Waals surface area contributed by atoms with Crippen molar-refractivity contribution in [2.24, 2.45) is 11.7 Å². The fourth-order valence-electron chi connectivity index (χ4n) is 6.76. The van der Waals surface area contributed by atoms with Crippen molar-refractivity contribution in [2.45, 2.75) is 143 Å². The van der Waals surface area contributed by atoms with Gasteiger partial charge in [-0.3, -0.25) is 19.1 Å². The Morgan fingerprint density at radius 2 is 1.88 bits per heavy atom.